The number of aromatic nitrogens is 4. The largest absolute Gasteiger partial charge is 0.465 e. The molecule has 2 aliphatic heterocycles. The van der Waals surface area contributed by atoms with Crippen molar-refractivity contribution in [1.82, 2.24) is 49.8 Å². The van der Waals surface area contributed by atoms with Crippen LogP contribution in [-0.4, -0.2) is 179 Å². The molecule has 4 heterocycles. The summed E-state index contributed by atoms with van der Waals surface area (Å²) in [6, 6.07) is 16.4. The molecule has 86 heavy (non-hydrogen) atoms. The summed E-state index contributed by atoms with van der Waals surface area (Å²) in [4.78, 5) is 96.4. The second-order valence-corrected chi connectivity index (χ2v) is 19.8. The molecular weight excluding hydrogens is 1170 g/mol. The number of ether oxygens (including phenoxy) is 2. The van der Waals surface area contributed by atoms with E-state index in [2.05, 4.69) is 85.0 Å². The smallest absolute Gasteiger partial charge is 0.353 e. The van der Waals surface area contributed by atoms with Crippen molar-refractivity contribution in [3.63, 3.8) is 0 Å². The number of nitrogen functional groups attached to an aromatic ring is 2. The normalized spacial score (nSPS) is 12.5. The number of nitrogens with one attached hydrogen (secondary N) is 1. The van der Waals surface area contributed by atoms with Crippen molar-refractivity contribution in [3.8, 4) is 0 Å². The Morgan fingerprint density at radius 3 is 1.52 bits per heavy atom. The standard InChI is InChI=1S/C25H35N7O5.C16H24N2O2.C9H12ClN5O3.C6H15N.2CH4.ClH.H3P/c1-4-11-29(3)25(34)23-27-22(26)21(32(35)36)24(28-23)31(17-20(33)37-5-2)16-19-10-8-9-18(14-19)15-30-12-6-7-13-30;1-2-20-16(19)12-17-11-14-6-5-7-15(10-14)13-18-8-3-4-9-18;1-3-4-14(2)9(16)8-12-6(10)5(15(17)18)7(11)13-8;1-4-7(5-2)6-3;;;;/h8-10,14H,4-7,11-13,15-17H2,1-3H3,(H2,26,27,28);5-7,10,17H,2-4,8-9,11-13H2,1H3;3-4H2,1-2H3,(H2,11,12,13);4-6H2,1-3H3;2*1H4;1H;1H3/i;;;;1D;;;1D. The maximum atomic E-state index is 12.9. The van der Waals surface area contributed by atoms with E-state index in [-0.39, 0.29) is 69.5 Å². The lowest BCUT2D eigenvalue weighted by molar-refractivity contribution is -0.384. The Balaban J connectivity index is 0. The van der Waals surface area contributed by atoms with Crippen LogP contribution in [0.5, 0.6) is 0 Å². The van der Waals surface area contributed by atoms with E-state index >= 15 is 0 Å². The van der Waals surface area contributed by atoms with Gasteiger partial charge in [0.1, 0.15) is 6.54 Å². The Bertz CT molecular complexity index is 2670. The summed E-state index contributed by atoms with van der Waals surface area (Å²) in [5.74, 6) is -3.38. The van der Waals surface area contributed by atoms with Gasteiger partial charge in [-0.15, -0.1) is 12.4 Å². The lowest BCUT2D eigenvalue weighted by atomic mass is 10.1. The van der Waals surface area contributed by atoms with Crippen LogP contribution in [0.2, 0.25) is 5.15 Å². The molecule has 25 nitrogen and oxygen atoms in total. The second kappa shape index (κ2) is 44.0. The summed E-state index contributed by atoms with van der Waals surface area (Å²) in [6.45, 7) is 26.1. The Labute approximate surface area is 526 Å². The minimum Gasteiger partial charge on any atom is -0.465 e. The molecule has 1 atom stereocenters. The van der Waals surface area contributed by atoms with Gasteiger partial charge in [-0.3, -0.25) is 49.2 Å². The highest BCUT2D eigenvalue weighted by molar-refractivity contribution is 6.92. The number of halogens is 2. The van der Waals surface area contributed by atoms with Gasteiger partial charge in [-0.05, 0) is 120 Å². The molecule has 2 aromatic heterocycles. The highest BCUT2D eigenvalue weighted by atomic mass is 35.5. The first-order chi connectivity index (χ1) is 41.2. The van der Waals surface area contributed by atoms with Gasteiger partial charge in [-0.2, -0.15) is 24.8 Å². The predicted molar refractivity (Wildman–Crippen MR) is 349 cm³/mol. The van der Waals surface area contributed by atoms with Gasteiger partial charge in [0.25, 0.3) is 11.8 Å². The highest BCUT2D eigenvalue weighted by Crippen LogP contribution is 2.33. The fourth-order valence-electron chi connectivity index (χ4n) is 8.92. The Kier molecular flexibility index (Phi) is 39.7. The van der Waals surface area contributed by atoms with E-state index in [9.17, 15) is 39.4 Å². The Morgan fingerprint density at radius 1 is 0.686 bits per heavy atom. The van der Waals surface area contributed by atoms with Crippen LogP contribution in [0.25, 0.3) is 0 Å². The number of likely N-dealkylation sites (tertiary alicyclic amines) is 2. The number of anilines is 3. The van der Waals surface area contributed by atoms with E-state index in [0.717, 1.165) is 43.7 Å². The van der Waals surface area contributed by atoms with E-state index in [1.165, 1.54) is 91.6 Å². The topological polar surface area (TPSA) is 308 Å². The van der Waals surface area contributed by atoms with Crippen molar-refractivity contribution < 1.29 is 39.9 Å². The summed E-state index contributed by atoms with van der Waals surface area (Å²) in [5, 5.41) is 25.3. The second-order valence-electron chi connectivity index (χ2n) is 19.4. The molecule has 4 aromatic rings. The maximum absolute atomic E-state index is 12.9. The number of hydrogen-bond donors (Lipinski definition) is 3. The fourth-order valence-corrected chi connectivity index (χ4v) is 9.16. The van der Waals surface area contributed by atoms with Gasteiger partial charge in [0.2, 0.25) is 34.3 Å². The molecule has 2 amide bonds. The van der Waals surface area contributed by atoms with Crippen LogP contribution in [0, 0.1) is 20.2 Å². The summed E-state index contributed by atoms with van der Waals surface area (Å²) in [6.07, 6.45) is 6.47. The number of nitro groups is 2. The number of esters is 2. The average molecular weight is 1270 g/mol. The zero-order chi connectivity index (χ0) is 64.7. The molecule has 2 aliphatic rings. The first-order valence-corrected chi connectivity index (χ1v) is 28.5. The average Bonchev–Trinajstić information content (AvgIpc) is 3.10. The maximum Gasteiger partial charge on any atom is 0.353 e. The van der Waals surface area contributed by atoms with Crippen molar-refractivity contribution in [3.05, 3.63) is 108 Å². The van der Waals surface area contributed by atoms with E-state index in [1.54, 1.807) is 30.9 Å². The highest BCUT2D eigenvalue weighted by Gasteiger charge is 2.32. The molecule has 0 bridgehead atoms. The van der Waals surface area contributed by atoms with Crippen LogP contribution in [0.15, 0.2) is 48.5 Å². The van der Waals surface area contributed by atoms with Crippen molar-refractivity contribution >= 4 is 86.4 Å². The molecular formula is C58H98Cl2N15O10P. The van der Waals surface area contributed by atoms with E-state index in [0.29, 0.717) is 32.7 Å². The molecule has 2 fully saturated rings. The molecule has 1 unspecified atom stereocenters. The van der Waals surface area contributed by atoms with Crippen LogP contribution < -0.4 is 21.7 Å². The lowest BCUT2D eigenvalue weighted by Gasteiger charge is -2.24. The number of nitrogens with zero attached hydrogens (tertiary/aromatic N) is 12. The Morgan fingerprint density at radius 2 is 1.10 bits per heavy atom. The van der Waals surface area contributed by atoms with Crippen molar-refractivity contribution in [2.24, 2.45) is 0 Å². The molecule has 0 aliphatic carbocycles. The van der Waals surface area contributed by atoms with Gasteiger partial charge in [-0.1, -0.05) is 110 Å². The third-order valence-corrected chi connectivity index (χ3v) is 13.3. The summed E-state index contributed by atoms with van der Waals surface area (Å²) in [7, 11) is 6.08. The molecule has 484 valence electrons. The van der Waals surface area contributed by atoms with Gasteiger partial charge in [-0.25, -0.2) is 4.98 Å². The number of benzene rings is 2. The number of amides is 2. The number of carbonyl (C=O) groups is 4. The lowest BCUT2D eigenvalue weighted by Crippen LogP contribution is -2.34. The van der Waals surface area contributed by atoms with Crippen LogP contribution in [-0.2, 0) is 45.2 Å². The zero-order valence-electron chi connectivity index (χ0n) is 53.3. The van der Waals surface area contributed by atoms with Crippen molar-refractivity contribution in [1.29, 1.82) is 1.28 Å². The summed E-state index contributed by atoms with van der Waals surface area (Å²) < 4.78 is 21.4. The molecule has 5 N–H and O–H groups in total. The SMILES string of the molecule is C.CCCN(C)C(=O)c1nc(N)c([N+](=O)[O-])c(Cl)n1.CCCN(C)C(=O)c1nc(N)c([N+](=O)[O-])c(N(CC(=O)OCC)Cc2cccc(CN3CCCC3)c2)n1.CCN(CC)CC.CCOC(=O)CNCc1cccc(CN2CCCC2)c1.Cl.[2H]C.[2H]P. The quantitative estimate of drug-likeness (QED) is 0.0174. The van der Waals surface area contributed by atoms with E-state index in [4.69, 9.17) is 35.2 Å². The minimum absolute atomic E-state index is 0. The van der Waals surface area contributed by atoms with Gasteiger partial charge in [0, 0.05) is 54.7 Å². The number of carbonyl (C=O) groups excluding carboxylic acids is 4. The molecule has 0 saturated carbocycles. The van der Waals surface area contributed by atoms with Gasteiger partial charge < -0.3 is 45.9 Å². The molecule has 2 saturated heterocycles. The number of hydrogen-bond acceptors (Lipinski definition) is 21. The van der Waals surface area contributed by atoms with Crippen molar-refractivity contribution in [2.75, 3.05) is 116 Å². The van der Waals surface area contributed by atoms with Crippen LogP contribution in [0.4, 0.5) is 28.8 Å². The fraction of sp³-hybridized carbons (Fsp3) is 0.586. The molecule has 28 heteroatoms. The van der Waals surface area contributed by atoms with E-state index < -0.39 is 55.8 Å². The number of nitrogens with two attached hydrogens (primary N) is 2. The first kappa shape index (κ1) is 77.5. The van der Waals surface area contributed by atoms with Crippen molar-refractivity contribution in [2.45, 2.75) is 128 Å². The number of rotatable bonds is 26. The minimum atomic E-state index is -0.790. The molecule has 0 spiro atoms. The van der Waals surface area contributed by atoms with Crippen LogP contribution in [0.3, 0.4) is 0 Å². The molecule has 2 aromatic carbocycles. The Hall–Kier alpha value is -6.47. The third-order valence-electron chi connectivity index (χ3n) is 13.1. The zero-order valence-corrected chi connectivity index (χ0v) is 54.1. The van der Waals surface area contributed by atoms with Crippen LogP contribution >= 0.6 is 33.9 Å². The van der Waals surface area contributed by atoms with Gasteiger partial charge in [0.05, 0.1) is 30.9 Å². The summed E-state index contributed by atoms with van der Waals surface area (Å²) >= 11 is 5.61. The monoisotopic (exact) mass is 1270 g/mol. The predicted octanol–water partition coefficient (Wildman–Crippen LogP) is 8.75. The van der Waals surface area contributed by atoms with Gasteiger partial charge in [0.15, 0.2) is 0 Å². The van der Waals surface area contributed by atoms with Crippen LogP contribution in [0.1, 0.15) is 147 Å². The molecule has 6 rings (SSSR count). The third kappa shape index (κ3) is 27.9. The summed E-state index contributed by atoms with van der Waals surface area (Å²) in [5.41, 5.74) is 14.7. The van der Waals surface area contributed by atoms with Gasteiger partial charge >= 0.3 is 23.3 Å². The molecule has 0 radical (unpaired) electrons. The first-order valence-electron chi connectivity index (χ1n) is 29.7. The van der Waals surface area contributed by atoms with E-state index in [1.807, 2.05) is 45.0 Å².